The Bertz CT molecular complexity index is 238. The number of hydrogen-bond acceptors (Lipinski definition) is 2. The number of carbonyl (C=O) groups is 1. The molecule has 1 rings (SSSR count). The van der Waals surface area contributed by atoms with Gasteiger partial charge in [-0.1, -0.05) is 6.08 Å². The van der Waals surface area contributed by atoms with Crippen LogP contribution in [-0.2, 0) is 9.53 Å². The minimum absolute atomic E-state index is 0.210. The molecule has 2 nitrogen and oxygen atoms in total. The van der Waals surface area contributed by atoms with Crippen LogP contribution in [0.15, 0.2) is 24.0 Å². The molecule has 2 heteroatoms. The first-order valence-corrected chi connectivity index (χ1v) is 4.74. The highest BCUT2D eigenvalue weighted by Crippen LogP contribution is 2.27. The normalized spacial score (nSPS) is 17.0. The first-order chi connectivity index (χ1) is 6.24. The minimum Gasteiger partial charge on any atom is -0.431 e. The summed E-state index contributed by atoms with van der Waals surface area (Å²) in [5.41, 5.74) is 1.25. The summed E-state index contributed by atoms with van der Waals surface area (Å²) in [5, 5.41) is 0. The number of carbonyl (C=O) groups excluding carboxylic acids is 1. The van der Waals surface area contributed by atoms with Crippen LogP contribution in [0.5, 0.6) is 0 Å². The fraction of sp³-hybridized carbons (Fsp3) is 0.545. The van der Waals surface area contributed by atoms with Crippen LogP contribution in [0.25, 0.3) is 0 Å². The van der Waals surface area contributed by atoms with E-state index in [2.05, 4.69) is 6.58 Å². The summed E-state index contributed by atoms with van der Waals surface area (Å²) in [7, 11) is 0. The summed E-state index contributed by atoms with van der Waals surface area (Å²) in [6, 6.07) is 0. The molecule has 0 aromatic rings. The van der Waals surface area contributed by atoms with Gasteiger partial charge in [-0.05, 0) is 31.3 Å². The van der Waals surface area contributed by atoms with Crippen molar-refractivity contribution in [2.24, 2.45) is 0 Å². The fourth-order valence-electron chi connectivity index (χ4n) is 1.63. The number of rotatable bonds is 3. The maximum absolute atomic E-state index is 10.8. The van der Waals surface area contributed by atoms with Crippen LogP contribution in [0.2, 0.25) is 0 Å². The topological polar surface area (TPSA) is 26.3 Å². The molecule has 0 unspecified atom stereocenters. The van der Waals surface area contributed by atoms with E-state index in [0.29, 0.717) is 0 Å². The van der Waals surface area contributed by atoms with E-state index >= 15 is 0 Å². The Morgan fingerprint density at radius 1 is 1.54 bits per heavy atom. The summed E-state index contributed by atoms with van der Waals surface area (Å²) >= 11 is 0. The van der Waals surface area contributed by atoms with Gasteiger partial charge in [0.15, 0.2) is 0 Å². The van der Waals surface area contributed by atoms with E-state index in [9.17, 15) is 4.79 Å². The van der Waals surface area contributed by atoms with Gasteiger partial charge in [-0.15, -0.1) is 6.58 Å². The highest BCUT2D eigenvalue weighted by Gasteiger charge is 2.14. The SMILES string of the molecule is C=CCC1=C(OC(C)=O)CCCC1. The van der Waals surface area contributed by atoms with Gasteiger partial charge in [-0.3, -0.25) is 4.79 Å². The zero-order chi connectivity index (χ0) is 9.68. The van der Waals surface area contributed by atoms with E-state index in [1.165, 1.54) is 18.9 Å². The third kappa shape index (κ3) is 3.05. The van der Waals surface area contributed by atoms with Gasteiger partial charge in [0.2, 0.25) is 0 Å². The molecule has 0 atom stereocenters. The van der Waals surface area contributed by atoms with Crippen LogP contribution in [-0.4, -0.2) is 5.97 Å². The Labute approximate surface area is 79.3 Å². The molecular weight excluding hydrogens is 164 g/mol. The van der Waals surface area contributed by atoms with E-state index in [-0.39, 0.29) is 5.97 Å². The average Bonchev–Trinajstić information content (AvgIpc) is 2.08. The molecule has 0 heterocycles. The summed E-state index contributed by atoms with van der Waals surface area (Å²) in [5.74, 6) is 0.678. The molecule has 0 aliphatic heterocycles. The van der Waals surface area contributed by atoms with Gasteiger partial charge in [0, 0.05) is 13.3 Å². The lowest BCUT2D eigenvalue weighted by atomic mass is 9.95. The maximum Gasteiger partial charge on any atom is 0.307 e. The summed E-state index contributed by atoms with van der Waals surface area (Å²) in [4.78, 5) is 10.8. The lowest BCUT2D eigenvalue weighted by Gasteiger charge is -2.18. The van der Waals surface area contributed by atoms with E-state index < -0.39 is 0 Å². The third-order valence-corrected chi connectivity index (χ3v) is 2.18. The van der Waals surface area contributed by atoms with Gasteiger partial charge in [-0.25, -0.2) is 0 Å². The molecular formula is C11H16O2. The lowest BCUT2D eigenvalue weighted by Crippen LogP contribution is -2.06. The number of ether oxygens (including phenoxy) is 1. The van der Waals surface area contributed by atoms with E-state index in [0.717, 1.165) is 31.4 Å². The maximum atomic E-state index is 10.8. The minimum atomic E-state index is -0.210. The molecule has 0 aromatic carbocycles. The molecule has 0 radical (unpaired) electrons. The third-order valence-electron chi connectivity index (χ3n) is 2.18. The van der Waals surface area contributed by atoms with Crippen molar-refractivity contribution in [3.05, 3.63) is 24.0 Å². The van der Waals surface area contributed by atoms with Crippen molar-refractivity contribution in [1.82, 2.24) is 0 Å². The average molecular weight is 180 g/mol. The predicted molar refractivity (Wildman–Crippen MR) is 52.1 cm³/mol. The Balaban J connectivity index is 2.70. The predicted octanol–water partition coefficient (Wildman–Crippen LogP) is 2.95. The van der Waals surface area contributed by atoms with Gasteiger partial charge >= 0.3 is 5.97 Å². The Morgan fingerprint density at radius 3 is 2.85 bits per heavy atom. The Morgan fingerprint density at radius 2 is 2.23 bits per heavy atom. The molecule has 0 fully saturated rings. The second-order valence-corrected chi connectivity index (χ2v) is 3.32. The standard InChI is InChI=1S/C11H16O2/c1-3-6-10-7-4-5-8-11(10)13-9(2)12/h3H,1,4-8H2,2H3. The van der Waals surface area contributed by atoms with Gasteiger partial charge in [0.05, 0.1) is 0 Å². The van der Waals surface area contributed by atoms with E-state index in [1.807, 2.05) is 6.08 Å². The van der Waals surface area contributed by atoms with Crippen LogP contribution in [0, 0.1) is 0 Å². The molecule has 0 saturated carbocycles. The zero-order valence-corrected chi connectivity index (χ0v) is 8.14. The van der Waals surface area contributed by atoms with E-state index in [4.69, 9.17) is 4.74 Å². The second-order valence-electron chi connectivity index (χ2n) is 3.32. The molecule has 13 heavy (non-hydrogen) atoms. The zero-order valence-electron chi connectivity index (χ0n) is 8.14. The van der Waals surface area contributed by atoms with Crippen LogP contribution < -0.4 is 0 Å². The van der Waals surface area contributed by atoms with E-state index in [1.54, 1.807) is 0 Å². The highest BCUT2D eigenvalue weighted by atomic mass is 16.5. The quantitative estimate of drug-likeness (QED) is 0.493. The van der Waals surface area contributed by atoms with Gasteiger partial charge < -0.3 is 4.74 Å². The van der Waals surface area contributed by atoms with Crippen molar-refractivity contribution in [3.8, 4) is 0 Å². The van der Waals surface area contributed by atoms with Crippen molar-refractivity contribution >= 4 is 5.97 Å². The first kappa shape index (κ1) is 10.0. The van der Waals surface area contributed by atoms with Crippen molar-refractivity contribution in [1.29, 1.82) is 0 Å². The lowest BCUT2D eigenvalue weighted by molar-refractivity contribution is -0.137. The Kier molecular flexibility index (Phi) is 3.74. The first-order valence-electron chi connectivity index (χ1n) is 4.74. The van der Waals surface area contributed by atoms with Gasteiger partial charge in [0.25, 0.3) is 0 Å². The smallest absolute Gasteiger partial charge is 0.307 e. The second kappa shape index (κ2) is 4.85. The van der Waals surface area contributed by atoms with Gasteiger partial charge in [0.1, 0.15) is 5.76 Å². The molecule has 0 amide bonds. The molecule has 1 aliphatic carbocycles. The van der Waals surface area contributed by atoms with Gasteiger partial charge in [-0.2, -0.15) is 0 Å². The summed E-state index contributed by atoms with van der Waals surface area (Å²) in [6.45, 7) is 5.15. The van der Waals surface area contributed by atoms with Crippen molar-refractivity contribution < 1.29 is 9.53 Å². The number of hydrogen-bond donors (Lipinski definition) is 0. The summed E-state index contributed by atoms with van der Waals surface area (Å²) in [6.07, 6.45) is 7.00. The fourth-order valence-corrected chi connectivity index (χ4v) is 1.63. The molecule has 1 aliphatic rings. The van der Waals surface area contributed by atoms with Crippen LogP contribution in [0.4, 0.5) is 0 Å². The van der Waals surface area contributed by atoms with Crippen molar-refractivity contribution in [2.45, 2.75) is 39.0 Å². The molecule has 72 valence electrons. The largest absolute Gasteiger partial charge is 0.431 e. The molecule has 0 bridgehead atoms. The van der Waals surface area contributed by atoms with Crippen molar-refractivity contribution in [3.63, 3.8) is 0 Å². The van der Waals surface area contributed by atoms with Crippen LogP contribution >= 0.6 is 0 Å². The number of allylic oxidation sites excluding steroid dienone is 3. The summed E-state index contributed by atoms with van der Waals surface area (Å²) < 4.78 is 5.15. The molecule has 0 aromatic heterocycles. The van der Waals surface area contributed by atoms with Crippen LogP contribution in [0.3, 0.4) is 0 Å². The molecule has 0 N–H and O–H groups in total. The Hall–Kier alpha value is -1.05. The van der Waals surface area contributed by atoms with Crippen LogP contribution in [0.1, 0.15) is 39.0 Å². The molecule has 0 spiro atoms. The molecule has 0 saturated heterocycles. The van der Waals surface area contributed by atoms with Crippen molar-refractivity contribution in [2.75, 3.05) is 0 Å². The monoisotopic (exact) mass is 180 g/mol. The number of esters is 1. The highest BCUT2D eigenvalue weighted by molar-refractivity contribution is 5.67.